The van der Waals surface area contributed by atoms with Crippen molar-refractivity contribution < 1.29 is 0 Å². The van der Waals surface area contributed by atoms with Gasteiger partial charge in [-0.1, -0.05) is 93.3 Å². The molecule has 3 atom stereocenters. The van der Waals surface area contributed by atoms with E-state index >= 15 is 0 Å². The van der Waals surface area contributed by atoms with Crippen molar-refractivity contribution in [3.05, 3.63) is 11.6 Å². The maximum atomic E-state index is 2.73. The van der Waals surface area contributed by atoms with E-state index in [1.54, 1.807) is 37.7 Å². The average Bonchev–Trinajstić information content (AvgIpc) is 2.78. The van der Waals surface area contributed by atoms with Gasteiger partial charge < -0.3 is 0 Å². The summed E-state index contributed by atoms with van der Waals surface area (Å²) in [6, 6.07) is 0. The van der Waals surface area contributed by atoms with Gasteiger partial charge in [0, 0.05) is 0 Å². The van der Waals surface area contributed by atoms with Crippen molar-refractivity contribution >= 4 is 30.2 Å². The Morgan fingerprint density at radius 2 is 1.45 bits per heavy atom. The summed E-state index contributed by atoms with van der Waals surface area (Å²) in [7, 11) is 0. The lowest BCUT2D eigenvalue weighted by atomic mass is 9.22. The van der Waals surface area contributed by atoms with Crippen molar-refractivity contribution in [2.75, 3.05) is 11.5 Å². The predicted octanol–water partition coefficient (Wildman–Crippen LogP) is 8.85. The van der Waals surface area contributed by atoms with E-state index in [9.17, 15) is 0 Å². The van der Waals surface area contributed by atoms with Crippen LogP contribution in [0.15, 0.2) is 11.6 Å². The Hall–Kier alpha value is 0.505. The fourth-order valence-electron chi connectivity index (χ4n) is 8.30. The molecule has 1 heterocycles. The molecule has 0 N–H and O–H groups in total. The molecule has 0 aromatic carbocycles. The summed E-state index contributed by atoms with van der Waals surface area (Å²) in [5, 5.41) is 0. The van der Waals surface area contributed by atoms with E-state index in [1.807, 2.05) is 0 Å². The van der Waals surface area contributed by atoms with Crippen LogP contribution in [0, 0.1) is 11.8 Å². The Balaban J connectivity index is 1.43. The zero-order chi connectivity index (χ0) is 19.7. The summed E-state index contributed by atoms with van der Waals surface area (Å²) < 4.78 is 0.596. The molecule has 1 spiro atoms. The Kier molecular flexibility index (Phi) is 7.04. The third-order valence-electron chi connectivity index (χ3n) is 9.65. The number of rotatable bonds is 3. The van der Waals surface area contributed by atoms with Gasteiger partial charge in [-0.3, -0.25) is 0 Å². The minimum absolute atomic E-state index is 0.596. The molecule has 162 valence electrons. The van der Waals surface area contributed by atoms with Gasteiger partial charge in [-0.15, -0.1) is 23.5 Å². The van der Waals surface area contributed by atoms with Gasteiger partial charge in [-0.2, -0.15) is 0 Å². The van der Waals surface area contributed by atoms with Gasteiger partial charge in [-0.25, -0.2) is 0 Å². The van der Waals surface area contributed by atoms with E-state index in [4.69, 9.17) is 0 Å². The first-order valence-corrected chi connectivity index (χ1v) is 15.2. The fraction of sp³-hybridized carbons (Fsp3) is 0.923. The average molecular weight is 431 g/mol. The van der Waals surface area contributed by atoms with Crippen molar-refractivity contribution in [1.82, 2.24) is 0 Å². The molecule has 0 bridgehead atoms. The summed E-state index contributed by atoms with van der Waals surface area (Å²) in [6.07, 6.45) is 25.5. The molecule has 0 aromatic heterocycles. The fourth-order valence-corrected chi connectivity index (χ4v) is 11.8. The third-order valence-corrected chi connectivity index (χ3v) is 13.1. The molecule has 0 nitrogen and oxygen atoms in total. The van der Waals surface area contributed by atoms with Crippen LogP contribution in [0.25, 0.3) is 0 Å². The monoisotopic (exact) mass is 430 g/mol. The molecule has 29 heavy (non-hydrogen) atoms. The minimum atomic E-state index is 0.596. The van der Waals surface area contributed by atoms with Crippen molar-refractivity contribution in [1.29, 1.82) is 0 Å². The third kappa shape index (κ3) is 4.53. The highest BCUT2D eigenvalue weighted by molar-refractivity contribution is 8.18. The number of hydrogen-bond donors (Lipinski definition) is 0. The van der Waals surface area contributed by atoms with Crippen LogP contribution >= 0.6 is 23.5 Å². The Morgan fingerprint density at radius 1 is 0.828 bits per heavy atom. The smallest absolute Gasteiger partial charge is 0.144 e. The summed E-state index contributed by atoms with van der Waals surface area (Å²) in [5.74, 6) is 7.92. The van der Waals surface area contributed by atoms with Crippen LogP contribution in [0.3, 0.4) is 0 Å². The Bertz CT molecular complexity index is 551. The lowest BCUT2D eigenvalue weighted by Crippen LogP contribution is -2.46. The van der Waals surface area contributed by atoms with Gasteiger partial charge in [0.2, 0.25) is 0 Å². The molecule has 1 aliphatic heterocycles. The van der Waals surface area contributed by atoms with E-state index in [1.165, 1.54) is 75.7 Å². The lowest BCUT2D eigenvalue weighted by Gasteiger charge is -2.53. The van der Waals surface area contributed by atoms with Crippen LogP contribution < -0.4 is 0 Å². The number of hydrogen-bond acceptors (Lipinski definition) is 2. The van der Waals surface area contributed by atoms with Crippen LogP contribution in [0.2, 0.25) is 17.5 Å². The van der Waals surface area contributed by atoms with Gasteiger partial charge >= 0.3 is 0 Å². The second-order valence-corrected chi connectivity index (χ2v) is 14.4. The van der Waals surface area contributed by atoms with Crippen LogP contribution in [0.1, 0.15) is 103 Å². The van der Waals surface area contributed by atoms with E-state index in [-0.39, 0.29) is 0 Å². The summed E-state index contributed by atoms with van der Waals surface area (Å²) in [6.45, 7) is 3.55. The van der Waals surface area contributed by atoms with Crippen LogP contribution in [-0.2, 0) is 0 Å². The van der Waals surface area contributed by atoms with Gasteiger partial charge in [0.1, 0.15) is 6.71 Å². The summed E-state index contributed by atoms with van der Waals surface area (Å²) in [5.41, 5.74) is 1.78. The maximum absolute atomic E-state index is 2.73. The molecular formula is C26H43BS2. The quantitative estimate of drug-likeness (QED) is 0.324. The number of fused-ring (bicyclic) bond motifs is 1. The van der Waals surface area contributed by atoms with Gasteiger partial charge in [0.15, 0.2) is 0 Å². The molecule has 1 unspecified atom stereocenters. The number of thioether (sulfide) groups is 2. The SMILES string of the molecule is CC1=CCC(B(C2CCCCC2)C2CCCCC2)[C@@H]2CC3(CC[C@@H]12)SCCCS3. The first-order valence-electron chi connectivity index (χ1n) is 13.2. The van der Waals surface area contributed by atoms with Gasteiger partial charge in [-0.05, 0) is 62.4 Å². The van der Waals surface area contributed by atoms with E-state index < -0.39 is 0 Å². The molecule has 0 amide bonds. The van der Waals surface area contributed by atoms with E-state index in [0.717, 1.165) is 36.0 Å². The Labute approximate surface area is 189 Å². The normalized spacial score (nSPS) is 36.4. The first-order chi connectivity index (χ1) is 14.3. The van der Waals surface area contributed by atoms with E-state index in [0.29, 0.717) is 4.08 Å². The van der Waals surface area contributed by atoms with Crippen LogP contribution in [-0.4, -0.2) is 22.3 Å². The van der Waals surface area contributed by atoms with Gasteiger partial charge in [0.05, 0.1) is 4.08 Å². The molecule has 5 rings (SSSR count). The van der Waals surface area contributed by atoms with Crippen molar-refractivity contribution in [2.45, 2.75) is 125 Å². The molecular weight excluding hydrogens is 387 g/mol. The van der Waals surface area contributed by atoms with Crippen molar-refractivity contribution in [3.8, 4) is 0 Å². The Morgan fingerprint density at radius 3 is 2.07 bits per heavy atom. The molecule has 3 heteroatoms. The van der Waals surface area contributed by atoms with E-state index in [2.05, 4.69) is 36.5 Å². The molecule has 3 saturated carbocycles. The second-order valence-electron chi connectivity index (χ2n) is 11.2. The van der Waals surface area contributed by atoms with Crippen molar-refractivity contribution in [2.24, 2.45) is 11.8 Å². The zero-order valence-corrected chi connectivity index (χ0v) is 20.5. The lowest BCUT2D eigenvalue weighted by molar-refractivity contribution is 0.234. The molecule has 0 radical (unpaired) electrons. The first kappa shape index (κ1) is 21.4. The highest BCUT2D eigenvalue weighted by atomic mass is 32.2. The van der Waals surface area contributed by atoms with Gasteiger partial charge in [0.25, 0.3) is 0 Å². The predicted molar refractivity (Wildman–Crippen MR) is 135 cm³/mol. The van der Waals surface area contributed by atoms with Crippen LogP contribution in [0.5, 0.6) is 0 Å². The minimum Gasteiger partial charge on any atom is -0.144 e. The largest absolute Gasteiger partial charge is 0.150 e. The zero-order valence-electron chi connectivity index (χ0n) is 18.9. The standard InChI is InChI=1S/C26H43BS2/c1-20-13-14-25(24-19-26(16-15-23(20)24)28-17-8-18-29-26)27(21-9-4-2-5-10-21)22-11-6-3-7-12-22/h13,21-25H,2-12,14-19H2,1H3/t23-,24+,25?/m0/s1. The van der Waals surface area contributed by atoms with Crippen molar-refractivity contribution in [3.63, 3.8) is 0 Å². The highest BCUT2D eigenvalue weighted by Gasteiger charge is 2.51. The topological polar surface area (TPSA) is 0 Å². The maximum Gasteiger partial charge on any atom is 0.150 e. The molecule has 5 aliphatic rings. The second kappa shape index (κ2) is 9.56. The molecule has 0 aromatic rings. The highest BCUT2D eigenvalue weighted by Crippen LogP contribution is 2.61. The molecule has 1 saturated heterocycles. The summed E-state index contributed by atoms with van der Waals surface area (Å²) >= 11 is 4.74. The summed E-state index contributed by atoms with van der Waals surface area (Å²) in [4.78, 5) is 0. The molecule has 4 aliphatic carbocycles. The molecule has 4 fully saturated rings. The van der Waals surface area contributed by atoms with Crippen LogP contribution in [0.4, 0.5) is 0 Å². The number of allylic oxidation sites excluding steroid dienone is 2.